The van der Waals surface area contributed by atoms with Crippen molar-refractivity contribution in [2.75, 3.05) is 13.1 Å². The molecule has 1 fully saturated rings. The minimum atomic E-state index is -1.18. The Morgan fingerprint density at radius 3 is 2.63 bits per heavy atom. The molecule has 3 heterocycles. The summed E-state index contributed by atoms with van der Waals surface area (Å²) in [5.74, 6) is -2.62. The lowest BCUT2D eigenvalue weighted by Crippen LogP contribution is -2.58. The molecule has 0 spiro atoms. The van der Waals surface area contributed by atoms with E-state index in [1.165, 1.54) is 28.9 Å². The molecule has 1 aliphatic heterocycles. The second-order valence-electron chi connectivity index (χ2n) is 8.14. The minimum Gasteiger partial charge on any atom is -0.353 e. The first-order chi connectivity index (χ1) is 16.7. The number of carbonyl (C=O) groups excluding carboxylic acids is 3. The number of nitrogens with one attached hydrogen (secondary N) is 2. The van der Waals surface area contributed by atoms with Crippen molar-refractivity contribution in [3.8, 4) is 5.82 Å². The molecule has 0 radical (unpaired) electrons. The summed E-state index contributed by atoms with van der Waals surface area (Å²) in [5.41, 5.74) is 1.46. The summed E-state index contributed by atoms with van der Waals surface area (Å²) in [6, 6.07) is 9.89. The fraction of sp³-hybridized carbons (Fsp3) is 0.304. The fourth-order valence-electron chi connectivity index (χ4n) is 3.79. The SMILES string of the molecule is Cc1cc(C)n(-c2ccc(=O)n(CCNC(=O)C3CNC(=O)N(Cc4ccccc4F)C3=O)n2)n1. The summed E-state index contributed by atoms with van der Waals surface area (Å²) in [7, 11) is 0. The average Bonchev–Trinajstić information content (AvgIpc) is 3.16. The lowest BCUT2D eigenvalue weighted by Gasteiger charge is -2.30. The topological polar surface area (TPSA) is 131 Å². The molecule has 1 aliphatic rings. The Balaban J connectivity index is 1.39. The second-order valence-corrected chi connectivity index (χ2v) is 8.14. The van der Waals surface area contributed by atoms with E-state index in [-0.39, 0.29) is 37.3 Å². The predicted molar refractivity (Wildman–Crippen MR) is 122 cm³/mol. The molecule has 0 aliphatic carbocycles. The number of halogens is 1. The number of nitrogens with zero attached hydrogens (tertiary/aromatic N) is 5. The molecular weight excluding hydrogens is 457 g/mol. The molecule has 1 unspecified atom stereocenters. The molecular formula is C23H24FN7O4. The van der Waals surface area contributed by atoms with Gasteiger partial charge in [-0.1, -0.05) is 18.2 Å². The monoisotopic (exact) mass is 481 g/mol. The number of hydrogen-bond acceptors (Lipinski definition) is 6. The smallest absolute Gasteiger partial charge is 0.324 e. The molecule has 11 nitrogen and oxygen atoms in total. The Morgan fingerprint density at radius 1 is 1.14 bits per heavy atom. The van der Waals surface area contributed by atoms with Gasteiger partial charge in [-0.3, -0.25) is 19.3 Å². The van der Waals surface area contributed by atoms with Crippen LogP contribution in [0, 0.1) is 25.6 Å². The number of benzene rings is 1. The highest BCUT2D eigenvalue weighted by atomic mass is 19.1. The molecule has 4 amide bonds. The van der Waals surface area contributed by atoms with Crippen molar-refractivity contribution in [1.29, 1.82) is 0 Å². The van der Waals surface area contributed by atoms with E-state index in [4.69, 9.17) is 0 Å². The van der Waals surface area contributed by atoms with Gasteiger partial charge in [0.25, 0.3) is 5.56 Å². The van der Waals surface area contributed by atoms with E-state index in [1.807, 2.05) is 19.9 Å². The van der Waals surface area contributed by atoms with Crippen LogP contribution in [-0.2, 0) is 22.7 Å². The molecule has 35 heavy (non-hydrogen) atoms. The van der Waals surface area contributed by atoms with Gasteiger partial charge in [0.2, 0.25) is 11.8 Å². The molecule has 182 valence electrons. The quantitative estimate of drug-likeness (QED) is 0.477. The average molecular weight is 481 g/mol. The number of aromatic nitrogens is 4. The van der Waals surface area contributed by atoms with E-state index in [0.717, 1.165) is 16.3 Å². The molecule has 1 saturated heterocycles. The normalized spacial score (nSPS) is 15.7. The fourth-order valence-corrected chi connectivity index (χ4v) is 3.79. The lowest BCUT2D eigenvalue weighted by atomic mass is 10.0. The van der Waals surface area contributed by atoms with Crippen molar-refractivity contribution >= 4 is 17.8 Å². The largest absolute Gasteiger partial charge is 0.353 e. The first-order valence-corrected chi connectivity index (χ1v) is 11.0. The summed E-state index contributed by atoms with van der Waals surface area (Å²) in [4.78, 5) is 50.7. The van der Waals surface area contributed by atoms with Crippen LogP contribution in [0.2, 0.25) is 0 Å². The highest BCUT2D eigenvalue weighted by Crippen LogP contribution is 2.16. The van der Waals surface area contributed by atoms with Gasteiger partial charge in [-0.05, 0) is 32.0 Å². The van der Waals surface area contributed by atoms with Crippen LogP contribution in [0.25, 0.3) is 5.82 Å². The summed E-state index contributed by atoms with van der Waals surface area (Å²) >= 11 is 0. The third-order valence-corrected chi connectivity index (χ3v) is 5.57. The molecule has 2 N–H and O–H groups in total. The van der Waals surface area contributed by atoms with E-state index in [0.29, 0.717) is 5.82 Å². The summed E-state index contributed by atoms with van der Waals surface area (Å²) in [6.07, 6.45) is 0. The van der Waals surface area contributed by atoms with E-state index in [1.54, 1.807) is 16.8 Å². The summed E-state index contributed by atoms with van der Waals surface area (Å²) < 4.78 is 16.8. The molecule has 3 aromatic rings. The van der Waals surface area contributed by atoms with E-state index in [9.17, 15) is 23.6 Å². The molecule has 1 aromatic carbocycles. The zero-order chi connectivity index (χ0) is 25.1. The zero-order valence-electron chi connectivity index (χ0n) is 19.2. The van der Waals surface area contributed by atoms with Crippen molar-refractivity contribution in [2.45, 2.75) is 26.9 Å². The van der Waals surface area contributed by atoms with Crippen LogP contribution in [0.3, 0.4) is 0 Å². The Bertz CT molecular complexity index is 1350. The van der Waals surface area contributed by atoms with Gasteiger partial charge in [0.15, 0.2) is 5.82 Å². The Morgan fingerprint density at radius 2 is 1.91 bits per heavy atom. The maximum atomic E-state index is 14.0. The number of hydrogen-bond donors (Lipinski definition) is 2. The first-order valence-electron chi connectivity index (χ1n) is 11.0. The van der Waals surface area contributed by atoms with Crippen LogP contribution in [-0.4, -0.2) is 55.4 Å². The highest BCUT2D eigenvalue weighted by Gasteiger charge is 2.38. The van der Waals surface area contributed by atoms with Gasteiger partial charge in [-0.25, -0.2) is 18.5 Å². The third-order valence-electron chi connectivity index (χ3n) is 5.57. The number of aryl methyl sites for hydroxylation is 2. The summed E-state index contributed by atoms with van der Waals surface area (Å²) in [6.45, 7) is 3.33. The number of imide groups is 1. The Hall–Kier alpha value is -4.35. The van der Waals surface area contributed by atoms with Crippen molar-refractivity contribution in [1.82, 2.24) is 35.1 Å². The van der Waals surface area contributed by atoms with Crippen molar-refractivity contribution in [3.63, 3.8) is 0 Å². The molecule has 1 atom stereocenters. The van der Waals surface area contributed by atoms with Crippen LogP contribution in [0.5, 0.6) is 0 Å². The molecule has 4 rings (SSSR count). The van der Waals surface area contributed by atoms with Gasteiger partial charge in [0, 0.05) is 30.4 Å². The zero-order valence-corrected chi connectivity index (χ0v) is 19.2. The Labute approximate surface area is 199 Å². The second kappa shape index (κ2) is 9.87. The molecule has 12 heteroatoms. The van der Waals surface area contributed by atoms with Crippen molar-refractivity contribution in [2.24, 2.45) is 5.92 Å². The van der Waals surface area contributed by atoms with Gasteiger partial charge >= 0.3 is 6.03 Å². The van der Waals surface area contributed by atoms with Gasteiger partial charge in [-0.2, -0.15) is 5.10 Å². The van der Waals surface area contributed by atoms with Crippen LogP contribution >= 0.6 is 0 Å². The van der Waals surface area contributed by atoms with Gasteiger partial charge in [-0.15, -0.1) is 5.10 Å². The molecule has 0 saturated carbocycles. The Kier molecular flexibility index (Phi) is 6.71. The first kappa shape index (κ1) is 23.8. The van der Waals surface area contributed by atoms with Crippen LogP contribution in [0.15, 0.2) is 47.3 Å². The van der Waals surface area contributed by atoms with Crippen LogP contribution in [0.1, 0.15) is 17.0 Å². The predicted octanol–water partition coefficient (Wildman–Crippen LogP) is 0.669. The maximum Gasteiger partial charge on any atom is 0.324 e. The van der Waals surface area contributed by atoms with E-state index < -0.39 is 29.6 Å². The molecule has 0 bridgehead atoms. The van der Waals surface area contributed by atoms with Gasteiger partial charge in [0.1, 0.15) is 11.7 Å². The van der Waals surface area contributed by atoms with Crippen LogP contribution in [0.4, 0.5) is 9.18 Å². The number of carbonyl (C=O) groups is 3. The standard InChI is InChI=1S/C23H24FN7O4/c1-14-11-15(2)31(27-14)19-7-8-20(32)30(28-19)10-9-25-21(33)17-12-26-23(35)29(22(17)34)13-16-5-3-4-6-18(16)24/h3-8,11,17H,9-10,12-13H2,1-2H3,(H,25,33)(H,26,35). The molecule has 2 aromatic heterocycles. The van der Waals surface area contributed by atoms with Crippen molar-refractivity contribution < 1.29 is 18.8 Å². The number of rotatable bonds is 7. The highest BCUT2D eigenvalue weighted by molar-refractivity contribution is 6.08. The van der Waals surface area contributed by atoms with Crippen molar-refractivity contribution in [3.05, 3.63) is 75.6 Å². The number of amides is 4. The number of urea groups is 1. The van der Waals surface area contributed by atoms with Gasteiger partial charge < -0.3 is 10.6 Å². The van der Waals surface area contributed by atoms with E-state index >= 15 is 0 Å². The third kappa shape index (κ3) is 5.10. The van der Waals surface area contributed by atoms with E-state index in [2.05, 4.69) is 20.8 Å². The lowest BCUT2D eigenvalue weighted by molar-refractivity contribution is -0.141. The summed E-state index contributed by atoms with van der Waals surface area (Å²) in [5, 5.41) is 13.7. The van der Waals surface area contributed by atoms with Crippen LogP contribution < -0.4 is 16.2 Å². The maximum absolute atomic E-state index is 14.0. The minimum absolute atomic E-state index is 0.0251. The van der Waals surface area contributed by atoms with Gasteiger partial charge in [0.05, 0.1) is 18.8 Å².